The smallest absolute Gasteiger partial charge is 0.236 e. The highest BCUT2D eigenvalue weighted by Gasteiger charge is 2.03. The van der Waals surface area contributed by atoms with Gasteiger partial charge >= 0.3 is 0 Å². The van der Waals surface area contributed by atoms with Crippen LogP contribution in [0.1, 0.15) is 0 Å². The summed E-state index contributed by atoms with van der Waals surface area (Å²) < 4.78 is 0. The van der Waals surface area contributed by atoms with E-state index < -0.39 is 5.91 Å². The van der Waals surface area contributed by atoms with Crippen molar-refractivity contribution in [2.45, 2.75) is 0 Å². The molecule has 0 unspecified atom stereocenters. The minimum Gasteiger partial charge on any atom is -0.507 e. The maximum absolute atomic E-state index is 10.7. The molecule has 4 heteroatoms. The Kier molecular flexibility index (Phi) is 2.64. The van der Waals surface area contributed by atoms with Crippen molar-refractivity contribution in [2.75, 3.05) is 11.9 Å². The molecule has 4 nitrogen and oxygen atoms in total. The number of nitrogens with two attached hydrogens (primary N) is 1. The van der Waals surface area contributed by atoms with E-state index in [1.165, 1.54) is 0 Å². The van der Waals surface area contributed by atoms with Crippen LogP contribution in [0, 0.1) is 0 Å². The second-order valence-corrected chi connectivity index (χ2v) is 3.50. The number of phenolic OH excluding ortho intramolecular Hbond substituents is 1. The van der Waals surface area contributed by atoms with Crippen LogP contribution in [0.4, 0.5) is 5.69 Å². The fourth-order valence-corrected chi connectivity index (χ4v) is 1.63. The monoisotopic (exact) mass is 216 g/mol. The molecule has 0 atom stereocenters. The molecule has 16 heavy (non-hydrogen) atoms. The highest BCUT2D eigenvalue weighted by Crippen LogP contribution is 2.29. The van der Waals surface area contributed by atoms with Gasteiger partial charge in [0.2, 0.25) is 5.91 Å². The lowest BCUT2D eigenvalue weighted by atomic mass is 10.1. The highest BCUT2D eigenvalue weighted by atomic mass is 16.3. The molecule has 0 saturated carbocycles. The van der Waals surface area contributed by atoms with Crippen molar-refractivity contribution >= 4 is 22.4 Å². The van der Waals surface area contributed by atoms with Gasteiger partial charge in [0.1, 0.15) is 5.75 Å². The van der Waals surface area contributed by atoms with Crippen molar-refractivity contribution < 1.29 is 9.90 Å². The Morgan fingerprint density at radius 2 is 1.88 bits per heavy atom. The number of nitrogens with one attached hydrogen (secondary N) is 1. The summed E-state index contributed by atoms with van der Waals surface area (Å²) in [6.45, 7) is 0.0781. The van der Waals surface area contributed by atoms with E-state index in [-0.39, 0.29) is 12.3 Å². The average molecular weight is 216 g/mol. The van der Waals surface area contributed by atoms with Gasteiger partial charge in [-0.05, 0) is 12.1 Å². The second-order valence-electron chi connectivity index (χ2n) is 3.50. The normalized spacial score (nSPS) is 10.2. The first-order valence-electron chi connectivity index (χ1n) is 4.91. The Morgan fingerprint density at radius 3 is 2.62 bits per heavy atom. The van der Waals surface area contributed by atoms with Gasteiger partial charge in [-0.1, -0.05) is 24.3 Å². The Labute approximate surface area is 92.7 Å². The lowest BCUT2D eigenvalue weighted by Crippen LogP contribution is -2.21. The first kappa shape index (κ1) is 10.3. The highest BCUT2D eigenvalue weighted by molar-refractivity contribution is 5.98. The summed E-state index contributed by atoms with van der Waals surface area (Å²) in [4.78, 5) is 10.7. The first-order chi connectivity index (χ1) is 7.68. The van der Waals surface area contributed by atoms with Crippen LogP contribution in [0.3, 0.4) is 0 Å². The molecule has 82 valence electrons. The van der Waals surface area contributed by atoms with E-state index in [0.717, 1.165) is 16.5 Å². The number of carbonyl (C=O) groups is 1. The van der Waals surface area contributed by atoms with Gasteiger partial charge in [-0.3, -0.25) is 4.79 Å². The zero-order valence-electron chi connectivity index (χ0n) is 8.60. The molecule has 0 radical (unpaired) electrons. The third kappa shape index (κ3) is 1.91. The van der Waals surface area contributed by atoms with E-state index in [0.29, 0.717) is 0 Å². The zero-order chi connectivity index (χ0) is 11.5. The van der Waals surface area contributed by atoms with Crippen LogP contribution in [0.5, 0.6) is 5.75 Å². The number of fused-ring (bicyclic) bond motifs is 1. The number of aromatic hydroxyl groups is 1. The third-order valence-corrected chi connectivity index (χ3v) is 2.35. The maximum Gasteiger partial charge on any atom is 0.236 e. The molecule has 0 aromatic heterocycles. The van der Waals surface area contributed by atoms with Gasteiger partial charge in [0.05, 0.1) is 6.54 Å². The van der Waals surface area contributed by atoms with Crippen molar-refractivity contribution in [3.63, 3.8) is 0 Å². The Hall–Kier alpha value is -2.23. The standard InChI is InChI=1S/C12H12N2O2/c13-12(16)7-14-10-5-1-4-9-8(10)3-2-6-11(9)15/h1-6,14-15H,7H2,(H2,13,16). The number of benzene rings is 2. The zero-order valence-corrected chi connectivity index (χ0v) is 8.60. The van der Waals surface area contributed by atoms with Crippen molar-refractivity contribution in [3.05, 3.63) is 36.4 Å². The molecule has 2 aromatic carbocycles. The SMILES string of the molecule is NC(=O)CNc1cccc2c(O)cccc12. The summed E-state index contributed by atoms with van der Waals surface area (Å²) in [5.41, 5.74) is 5.85. The number of amides is 1. The van der Waals surface area contributed by atoms with Crippen LogP contribution in [-0.4, -0.2) is 17.6 Å². The Bertz CT molecular complexity index is 538. The quantitative estimate of drug-likeness (QED) is 0.726. The van der Waals surface area contributed by atoms with Gasteiger partial charge < -0.3 is 16.2 Å². The topological polar surface area (TPSA) is 75.4 Å². The van der Waals surface area contributed by atoms with Gasteiger partial charge in [-0.15, -0.1) is 0 Å². The molecule has 0 heterocycles. The predicted octanol–water partition coefficient (Wildman–Crippen LogP) is 1.44. The second kappa shape index (κ2) is 4.10. The summed E-state index contributed by atoms with van der Waals surface area (Å²) in [6, 6.07) is 10.7. The molecule has 0 saturated heterocycles. The van der Waals surface area contributed by atoms with Crippen molar-refractivity contribution in [1.29, 1.82) is 0 Å². The summed E-state index contributed by atoms with van der Waals surface area (Å²) in [5, 5.41) is 14.2. The third-order valence-electron chi connectivity index (χ3n) is 2.35. The maximum atomic E-state index is 10.7. The summed E-state index contributed by atoms with van der Waals surface area (Å²) in [6.07, 6.45) is 0. The van der Waals surface area contributed by atoms with Gasteiger partial charge in [0.25, 0.3) is 0 Å². The number of primary amides is 1. The van der Waals surface area contributed by atoms with Gasteiger partial charge in [0, 0.05) is 16.5 Å². The minimum atomic E-state index is -0.419. The minimum absolute atomic E-state index is 0.0781. The summed E-state index contributed by atoms with van der Waals surface area (Å²) in [5.74, 6) is -0.197. The predicted molar refractivity (Wildman–Crippen MR) is 63.3 cm³/mol. The van der Waals surface area contributed by atoms with E-state index in [1.54, 1.807) is 12.1 Å². The number of hydrogen-bond acceptors (Lipinski definition) is 3. The van der Waals surface area contributed by atoms with E-state index in [9.17, 15) is 9.90 Å². The van der Waals surface area contributed by atoms with Crippen molar-refractivity contribution in [2.24, 2.45) is 5.73 Å². The number of hydrogen-bond donors (Lipinski definition) is 3. The molecule has 0 spiro atoms. The first-order valence-corrected chi connectivity index (χ1v) is 4.91. The lowest BCUT2D eigenvalue weighted by molar-refractivity contribution is -0.116. The van der Waals surface area contributed by atoms with E-state index in [1.807, 2.05) is 24.3 Å². The van der Waals surface area contributed by atoms with Crippen LogP contribution in [0.2, 0.25) is 0 Å². The van der Waals surface area contributed by atoms with Crippen LogP contribution in [0.25, 0.3) is 10.8 Å². The molecule has 0 aliphatic carbocycles. The van der Waals surface area contributed by atoms with Crippen LogP contribution in [-0.2, 0) is 4.79 Å². The van der Waals surface area contributed by atoms with Gasteiger partial charge in [-0.2, -0.15) is 0 Å². The van der Waals surface area contributed by atoms with Crippen LogP contribution < -0.4 is 11.1 Å². The van der Waals surface area contributed by atoms with E-state index in [4.69, 9.17) is 5.73 Å². The fourth-order valence-electron chi connectivity index (χ4n) is 1.63. The largest absolute Gasteiger partial charge is 0.507 e. The molecule has 0 aliphatic heterocycles. The Morgan fingerprint density at radius 1 is 1.19 bits per heavy atom. The van der Waals surface area contributed by atoms with Crippen LogP contribution in [0.15, 0.2) is 36.4 Å². The Balaban J connectivity index is 2.45. The fraction of sp³-hybridized carbons (Fsp3) is 0.0833. The number of phenols is 1. The van der Waals surface area contributed by atoms with Crippen molar-refractivity contribution in [1.82, 2.24) is 0 Å². The summed E-state index contributed by atoms with van der Waals surface area (Å²) in [7, 11) is 0. The molecular formula is C12H12N2O2. The number of rotatable bonds is 3. The molecule has 2 aromatic rings. The van der Waals surface area contributed by atoms with E-state index in [2.05, 4.69) is 5.32 Å². The lowest BCUT2D eigenvalue weighted by Gasteiger charge is -2.08. The molecule has 4 N–H and O–H groups in total. The molecule has 1 amide bonds. The van der Waals surface area contributed by atoms with Gasteiger partial charge in [-0.25, -0.2) is 0 Å². The molecule has 0 aliphatic rings. The molecule has 2 rings (SSSR count). The number of anilines is 1. The van der Waals surface area contributed by atoms with Gasteiger partial charge in [0.15, 0.2) is 0 Å². The number of carbonyl (C=O) groups excluding carboxylic acids is 1. The van der Waals surface area contributed by atoms with E-state index >= 15 is 0 Å². The molecule has 0 bridgehead atoms. The van der Waals surface area contributed by atoms with Crippen LogP contribution >= 0.6 is 0 Å². The molecule has 0 fully saturated rings. The van der Waals surface area contributed by atoms with Crippen molar-refractivity contribution in [3.8, 4) is 5.75 Å². The molecular weight excluding hydrogens is 204 g/mol. The summed E-state index contributed by atoms with van der Waals surface area (Å²) >= 11 is 0. The average Bonchev–Trinajstić information content (AvgIpc) is 2.27.